The number of amides is 1. The summed E-state index contributed by atoms with van der Waals surface area (Å²) < 4.78 is 0. The lowest BCUT2D eigenvalue weighted by molar-refractivity contribution is -0.130. The third-order valence-electron chi connectivity index (χ3n) is 2.74. The Morgan fingerprint density at radius 3 is 2.62 bits per heavy atom. The Kier molecular flexibility index (Phi) is 2.26. The highest BCUT2D eigenvalue weighted by molar-refractivity contribution is 5.82. The molecular weight excluding hydrogens is 168 g/mol. The number of nitrogens with one attached hydrogen (secondary N) is 1. The number of hydrogen-bond acceptors (Lipinski definition) is 3. The summed E-state index contributed by atoms with van der Waals surface area (Å²) in [4.78, 5) is 13.5. The first-order valence-electron chi connectivity index (χ1n) is 4.89. The van der Waals surface area contributed by atoms with Gasteiger partial charge in [-0.1, -0.05) is 0 Å². The molecule has 13 heavy (non-hydrogen) atoms. The highest BCUT2D eigenvalue weighted by Crippen LogP contribution is 2.20. The van der Waals surface area contributed by atoms with Crippen molar-refractivity contribution < 1.29 is 9.90 Å². The molecule has 74 valence electrons. The predicted molar refractivity (Wildman–Crippen MR) is 48.2 cm³/mol. The number of carbonyl (C=O) groups is 1. The van der Waals surface area contributed by atoms with Gasteiger partial charge in [0.1, 0.15) is 0 Å². The molecule has 2 rings (SSSR count). The molecule has 0 radical (unpaired) electrons. The van der Waals surface area contributed by atoms with E-state index in [1.165, 1.54) is 0 Å². The van der Waals surface area contributed by atoms with Crippen molar-refractivity contribution in [2.45, 2.75) is 38.0 Å². The SMILES string of the molecule is CC(C(=O)NC1CC1)N1CC(O)C1. The van der Waals surface area contributed by atoms with Crippen molar-refractivity contribution in [2.24, 2.45) is 0 Å². The van der Waals surface area contributed by atoms with Crippen molar-refractivity contribution >= 4 is 5.91 Å². The van der Waals surface area contributed by atoms with Crippen LogP contribution in [0.5, 0.6) is 0 Å². The van der Waals surface area contributed by atoms with Gasteiger partial charge in [0.05, 0.1) is 12.1 Å². The zero-order chi connectivity index (χ0) is 9.42. The van der Waals surface area contributed by atoms with Gasteiger partial charge >= 0.3 is 0 Å². The Bertz CT molecular complexity index is 210. The van der Waals surface area contributed by atoms with Crippen LogP contribution in [0.4, 0.5) is 0 Å². The molecule has 0 aromatic heterocycles. The van der Waals surface area contributed by atoms with E-state index in [4.69, 9.17) is 5.11 Å². The first-order valence-corrected chi connectivity index (χ1v) is 4.89. The average molecular weight is 184 g/mol. The second-order valence-corrected chi connectivity index (χ2v) is 4.07. The van der Waals surface area contributed by atoms with E-state index in [0.29, 0.717) is 19.1 Å². The third kappa shape index (κ3) is 2.00. The van der Waals surface area contributed by atoms with Crippen LogP contribution in [-0.4, -0.2) is 47.2 Å². The van der Waals surface area contributed by atoms with Gasteiger partial charge in [0.25, 0.3) is 0 Å². The van der Waals surface area contributed by atoms with Gasteiger partial charge in [0.15, 0.2) is 0 Å². The molecule has 4 heteroatoms. The lowest BCUT2D eigenvalue weighted by Crippen LogP contribution is -2.58. The number of β-amino-alcohol motifs (C(OH)–C–C–N with tert-alkyl or cyclic N) is 1. The van der Waals surface area contributed by atoms with Crippen LogP contribution in [0.2, 0.25) is 0 Å². The Labute approximate surface area is 77.9 Å². The molecule has 1 aliphatic heterocycles. The topological polar surface area (TPSA) is 52.6 Å². The molecule has 2 fully saturated rings. The summed E-state index contributed by atoms with van der Waals surface area (Å²) in [6, 6.07) is 0.352. The van der Waals surface area contributed by atoms with Gasteiger partial charge in [-0.15, -0.1) is 0 Å². The maximum absolute atomic E-state index is 11.5. The van der Waals surface area contributed by atoms with Crippen LogP contribution in [0, 0.1) is 0 Å². The second-order valence-electron chi connectivity index (χ2n) is 4.07. The molecular formula is C9H16N2O2. The van der Waals surface area contributed by atoms with Crippen molar-refractivity contribution in [2.75, 3.05) is 13.1 Å². The molecule has 1 saturated carbocycles. The van der Waals surface area contributed by atoms with Crippen molar-refractivity contribution in [1.29, 1.82) is 0 Å². The predicted octanol–water partition coefficient (Wildman–Crippen LogP) is -0.670. The molecule has 2 N–H and O–H groups in total. The fourth-order valence-corrected chi connectivity index (χ4v) is 1.52. The van der Waals surface area contributed by atoms with E-state index in [0.717, 1.165) is 12.8 Å². The molecule has 2 aliphatic rings. The Morgan fingerprint density at radius 2 is 2.15 bits per heavy atom. The summed E-state index contributed by atoms with van der Waals surface area (Å²) in [5, 5.41) is 12.0. The summed E-state index contributed by atoms with van der Waals surface area (Å²) in [6.45, 7) is 3.17. The third-order valence-corrected chi connectivity index (χ3v) is 2.74. The van der Waals surface area contributed by atoms with Gasteiger partial charge in [-0.05, 0) is 19.8 Å². The first-order chi connectivity index (χ1) is 6.16. The normalized spacial score (nSPS) is 26.6. The van der Waals surface area contributed by atoms with Crippen LogP contribution < -0.4 is 5.32 Å². The first kappa shape index (κ1) is 8.97. The maximum atomic E-state index is 11.5. The van der Waals surface area contributed by atoms with Crippen molar-refractivity contribution in [3.05, 3.63) is 0 Å². The summed E-state index contributed by atoms with van der Waals surface area (Å²) in [7, 11) is 0. The number of carbonyl (C=O) groups excluding carboxylic acids is 1. The van der Waals surface area contributed by atoms with Crippen LogP contribution in [0.3, 0.4) is 0 Å². The fourth-order valence-electron chi connectivity index (χ4n) is 1.52. The minimum atomic E-state index is -0.226. The van der Waals surface area contributed by atoms with E-state index >= 15 is 0 Å². The van der Waals surface area contributed by atoms with Crippen LogP contribution in [0.25, 0.3) is 0 Å². The van der Waals surface area contributed by atoms with Crippen LogP contribution in [-0.2, 0) is 4.79 Å². The van der Waals surface area contributed by atoms with Crippen molar-refractivity contribution in [3.8, 4) is 0 Å². The lowest BCUT2D eigenvalue weighted by atomic mass is 10.1. The number of aliphatic hydroxyl groups is 1. The quantitative estimate of drug-likeness (QED) is 0.611. The van der Waals surface area contributed by atoms with Gasteiger partial charge in [-0.2, -0.15) is 0 Å². The largest absolute Gasteiger partial charge is 0.390 e. The van der Waals surface area contributed by atoms with Crippen molar-refractivity contribution in [3.63, 3.8) is 0 Å². The van der Waals surface area contributed by atoms with Gasteiger partial charge in [0, 0.05) is 19.1 Å². The molecule has 1 amide bonds. The summed E-state index contributed by atoms with van der Waals surface area (Å²) in [5.74, 6) is 0.106. The van der Waals surface area contributed by atoms with Crippen molar-refractivity contribution in [1.82, 2.24) is 10.2 Å². The molecule has 4 nitrogen and oxygen atoms in total. The molecule has 1 atom stereocenters. The Hall–Kier alpha value is -0.610. The van der Waals surface area contributed by atoms with E-state index in [2.05, 4.69) is 5.32 Å². The summed E-state index contributed by atoms with van der Waals surface area (Å²) in [5.41, 5.74) is 0. The second kappa shape index (κ2) is 3.27. The molecule has 0 aromatic rings. The monoisotopic (exact) mass is 184 g/mol. The van der Waals surface area contributed by atoms with Crippen LogP contribution in [0.1, 0.15) is 19.8 Å². The molecule has 1 saturated heterocycles. The summed E-state index contributed by atoms with van der Waals surface area (Å²) >= 11 is 0. The van der Waals surface area contributed by atoms with E-state index in [-0.39, 0.29) is 18.1 Å². The number of nitrogens with zero attached hydrogens (tertiary/aromatic N) is 1. The van der Waals surface area contributed by atoms with Crippen LogP contribution in [0.15, 0.2) is 0 Å². The number of likely N-dealkylation sites (tertiary alicyclic amines) is 1. The standard InChI is InChI=1S/C9H16N2O2/c1-6(11-4-8(12)5-11)9(13)10-7-2-3-7/h6-8,12H,2-5H2,1H3,(H,10,13). The van der Waals surface area contributed by atoms with Gasteiger partial charge < -0.3 is 10.4 Å². The van der Waals surface area contributed by atoms with Crippen LogP contribution >= 0.6 is 0 Å². The van der Waals surface area contributed by atoms with E-state index in [9.17, 15) is 4.79 Å². The number of rotatable bonds is 3. The number of aliphatic hydroxyl groups excluding tert-OH is 1. The maximum Gasteiger partial charge on any atom is 0.237 e. The minimum absolute atomic E-state index is 0.0796. The van der Waals surface area contributed by atoms with Gasteiger partial charge in [-0.25, -0.2) is 0 Å². The van der Waals surface area contributed by atoms with Gasteiger partial charge in [0.2, 0.25) is 5.91 Å². The molecule has 1 heterocycles. The average Bonchev–Trinajstić information content (AvgIpc) is 2.81. The molecule has 0 spiro atoms. The minimum Gasteiger partial charge on any atom is -0.390 e. The molecule has 0 bridgehead atoms. The van der Waals surface area contributed by atoms with E-state index in [1.807, 2.05) is 11.8 Å². The zero-order valence-corrected chi connectivity index (χ0v) is 7.86. The zero-order valence-electron chi connectivity index (χ0n) is 7.86. The summed E-state index contributed by atoms with van der Waals surface area (Å²) in [6.07, 6.45) is 2.03. The Morgan fingerprint density at radius 1 is 1.54 bits per heavy atom. The fraction of sp³-hybridized carbons (Fsp3) is 0.889. The number of hydrogen-bond donors (Lipinski definition) is 2. The molecule has 1 aliphatic carbocycles. The van der Waals surface area contributed by atoms with E-state index in [1.54, 1.807) is 0 Å². The smallest absolute Gasteiger partial charge is 0.237 e. The highest BCUT2D eigenvalue weighted by atomic mass is 16.3. The highest BCUT2D eigenvalue weighted by Gasteiger charge is 2.34. The lowest BCUT2D eigenvalue weighted by Gasteiger charge is -2.39. The van der Waals surface area contributed by atoms with Gasteiger partial charge in [-0.3, -0.25) is 9.69 Å². The Balaban J connectivity index is 1.75. The molecule has 0 aromatic carbocycles. The molecule has 1 unspecified atom stereocenters. The van der Waals surface area contributed by atoms with E-state index < -0.39 is 0 Å².